The fourth-order valence-corrected chi connectivity index (χ4v) is 6.52. The number of pyridine rings is 1. The van der Waals surface area contributed by atoms with E-state index in [0.29, 0.717) is 43.8 Å². The van der Waals surface area contributed by atoms with Crippen LogP contribution in [0.5, 0.6) is 0 Å². The van der Waals surface area contributed by atoms with Gasteiger partial charge in [-0.05, 0) is 56.6 Å². The average Bonchev–Trinajstić information content (AvgIpc) is 2.80. The highest BCUT2D eigenvalue weighted by Gasteiger charge is 2.48. The van der Waals surface area contributed by atoms with Gasteiger partial charge in [-0.3, -0.25) is 15.2 Å². The zero-order valence-electron chi connectivity index (χ0n) is 19.7. The van der Waals surface area contributed by atoms with Crippen molar-refractivity contribution in [2.75, 3.05) is 50.7 Å². The molecule has 1 saturated carbocycles. The van der Waals surface area contributed by atoms with E-state index >= 15 is 0 Å². The van der Waals surface area contributed by atoms with Gasteiger partial charge in [0.2, 0.25) is 0 Å². The maximum Gasteiger partial charge on any atom is 0.417 e. The van der Waals surface area contributed by atoms with Gasteiger partial charge in [-0.2, -0.15) is 18.4 Å². The Morgan fingerprint density at radius 3 is 2.29 bits per heavy atom. The first-order chi connectivity index (χ1) is 16.1. The van der Waals surface area contributed by atoms with Crippen molar-refractivity contribution in [1.82, 2.24) is 20.1 Å². The number of piperazine rings is 1. The van der Waals surface area contributed by atoms with E-state index in [-0.39, 0.29) is 6.04 Å². The van der Waals surface area contributed by atoms with E-state index in [4.69, 9.17) is 4.99 Å². The van der Waals surface area contributed by atoms with Crippen LogP contribution in [0.4, 0.5) is 19.0 Å². The lowest BCUT2D eigenvalue weighted by Crippen LogP contribution is -2.62. The molecule has 5 heterocycles. The van der Waals surface area contributed by atoms with Crippen molar-refractivity contribution in [3.8, 4) is 6.19 Å². The van der Waals surface area contributed by atoms with E-state index < -0.39 is 17.3 Å². The van der Waals surface area contributed by atoms with Crippen LogP contribution in [0.3, 0.4) is 0 Å². The summed E-state index contributed by atoms with van der Waals surface area (Å²) >= 11 is 0. The molecule has 1 aliphatic carbocycles. The number of nitrogens with one attached hydrogen (secondary N) is 1. The van der Waals surface area contributed by atoms with Crippen LogP contribution in [0.1, 0.15) is 32.3 Å². The molecule has 1 aromatic heterocycles. The summed E-state index contributed by atoms with van der Waals surface area (Å²) in [5.41, 5.74) is -1.19. The number of alkyl halides is 3. The molecule has 4 bridgehead atoms. The number of rotatable bonds is 4. The lowest BCUT2D eigenvalue weighted by Gasteiger charge is -2.55. The second kappa shape index (κ2) is 8.68. The number of halogens is 3. The fraction of sp³-hybridized carbons (Fsp3) is 0.708. The van der Waals surface area contributed by atoms with Gasteiger partial charge in [0.15, 0.2) is 6.19 Å². The molecule has 34 heavy (non-hydrogen) atoms. The van der Waals surface area contributed by atoms with Crippen LogP contribution in [0.15, 0.2) is 23.3 Å². The van der Waals surface area contributed by atoms with E-state index in [0.717, 1.165) is 37.1 Å². The molecule has 2 atom stereocenters. The van der Waals surface area contributed by atoms with Crippen molar-refractivity contribution in [2.45, 2.75) is 44.4 Å². The molecule has 4 aliphatic heterocycles. The van der Waals surface area contributed by atoms with Crippen LogP contribution in [-0.2, 0) is 6.18 Å². The lowest BCUT2D eigenvalue weighted by molar-refractivity contribution is -0.137. The average molecular weight is 476 g/mol. The van der Waals surface area contributed by atoms with Crippen molar-refractivity contribution in [3.63, 3.8) is 0 Å². The highest BCUT2D eigenvalue weighted by atomic mass is 19.4. The SMILES string of the molecule is CC(C)(C(=NC1C2CC3CC1CN(C3)C2)NC#N)N1CCN(c2ccc(C(F)(F)F)cn2)CC1. The first kappa shape index (κ1) is 23.4. The smallest absolute Gasteiger partial charge is 0.354 e. The Bertz CT molecular complexity index is 930. The third kappa shape index (κ3) is 4.36. The first-order valence-corrected chi connectivity index (χ1v) is 12.1. The zero-order valence-corrected chi connectivity index (χ0v) is 19.7. The number of hydrogen-bond donors (Lipinski definition) is 1. The second-order valence-electron chi connectivity index (χ2n) is 10.7. The van der Waals surface area contributed by atoms with Crippen LogP contribution in [0, 0.1) is 29.2 Å². The number of aromatic nitrogens is 1. The lowest BCUT2D eigenvalue weighted by atomic mass is 9.65. The van der Waals surface area contributed by atoms with Gasteiger partial charge in [-0.25, -0.2) is 4.98 Å². The Labute approximate surface area is 198 Å². The number of hydrogen-bond acceptors (Lipinski definition) is 6. The number of nitrogens with zero attached hydrogens (tertiary/aromatic N) is 6. The molecule has 6 rings (SSSR count). The standard InChI is InChI=1S/C24H32F3N7/c1-23(2,22(30-15-28)31-21-17-9-16-10-18(21)14-32(12-16)13-17)34-7-5-33(6-8-34)20-4-3-19(11-29-20)24(25,26)27/h3-4,11,16-18,21H,5-10,12-14H2,1-2H3,(H,30,31). The molecule has 1 aromatic rings. The van der Waals surface area contributed by atoms with E-state index in [1.54, 1.807) is 0 Å². The van der Waals surface area contributed by atoms with Gasteiger partial charge in [0.05, 0.1) is 17.1 Å². The highest BCUT2D eigenvalue weighted by Crippen LogP contribution is 2.45. The predicted molar refractivity (Wildman–Crippen MR) is 123 cm³/mol. The fourth-order valence-electron chi connectivity index (χ4n) is 6.52. The molecule has 0 radical (unpaired) electrons. The summed E-state index contributed by atoms with van der Waals surface area (Å²) in [5, 5.41) is 12.4. The number of piperidine rings is 3. The Morgan fingerprint density at radius 2 is 1.76 bits per heavy atom. The van der Waals surface area contributed by atoms with Gasteiger partial charge in [-0.15, -0.1) is 0 Å². The van der Waals surface area contributed by atoms with Gasteiger partial charge in [0, 0.05) is 52.0 Å². The van der Waals surface area contributed by atoms with Crippen molar-refractivity contribution in [3.05, 3.63) is 23.9 Å². The second-order valence-corrected chi connectivity index (χ2v) is 10.7. The molecule has 7 nitrogen and oxygen atoms in total. The Kier molecular flexibility index (Phi) is 5.97. The van der Waals surface area contributed by atoms with Gasteiger partial charge < -0.3 is 9.80 Å². The topological polar surface area (TPSA) is 70.8 Å². The molecular weight excluding hydrogens is 443 g/mol. The third-order valence-corrected chi connectivity index (χ3v) is 8.24. The zero-order chi connectivity index (χ0) is 24.1. The number of amidine groups is 1. The number of aliphatic imine (C=N–C) groups is 1. The Hall–Kier alpha value is -2.38. The van der Waals surface area contributed by atoms with Crippen LogP contribution < -0.4 is 10.2 Å². The molecule has 4 saturated heterocycles. The molecule has 0 amide bonds. The highest BCUT2D eigenvalue weighted by molar-refractivity contribution is 5.92. The van der Waals surface area contributed by atoms with Crippen LogP contribution in [-0.4, -0.2) is 78.0 Å². The van der Waals surface area contributed by atoms with E-state index in [9.17, 15) is 18.4 Å². The summed E-state index contributed by atoms with van der Waals surface area (Å²) in [4.78, 5) is 16.1. The predicted octanol–water partition coefficient (Wildman–Crippen LogP) is 2.81. The van der Waals surface area contributed by atoms with Crippen molar-refractivity contribution < 1.29 is 13.2 Å². The minimum atomic E-state index is -4.38. The summed E-state index contributed by atoms with van der Waals surface area (Å²) in [5.74, 6) is 3.22. The molecule has 0 spiro atoms. The summed E-state index contributed by atoms with van der Waals surface area (Å²) < 4.78 is 38.5. The molecule has 5 fully saturated rings. The molecule has 184 valence electrons. The molecule has 2 unspecified atom stereocenters. The van der Waals surface area contributed by atoms with Crippen LogP contribution in [0.2, 0.25) is 0 Å². The quantitative estimate of drug-likeness (QED) is 0.313. The molecule has 10 heteroatoms. The van der Waals surface area contributed by atoms with Gasteiger partial charge in [-0.1, -0.05) is 0 Å². The van der Waals surface area contributed by atoms with Crippen molar-refractivity contribution >= 4 is 11.7 Å². The molecule has 1 N–H and O–H groups in total. The largest absolute Gasteiger partial charge is 0.417 e. The molecule has 5 aliphatic rings. The summed E-state index contributed by atoms with van der Waals surface area (Å²) in [6.45, 7) is 10.4. The van der Waals surface area contributed by atoms with Crippen LogP contribution in [0.25, 0.3) is 0 Å². The van der Waals surface area contributed by atoms with Crippen molar-refractivity contribution in [2.24, 2.45) is 22.7 Å². The Morgan fingerprint density at radius 1 is 1.09 bits per heavy atom. The minimum absolute atomic E-state index is 0.264. The first-order valence-electron chi connectivity index (χ1n) is 12.1. The summed E-state index contributed by atoms with van der Waals surface area (Å²) in [6, 6.07) is 2.79. The van der Waals surface area contributed by atoms with Gasteiger partial charge >= 0.3 is 6.18 Å². The Balaban J connectivity index is 1.27. The third-order valence-electron chi connectivity index (χ3n) is 8.24. The number of anilines is 1. The van der Waals surface area contributed by atoms with E-state index in [2.05, 4.69) is 40.1 Å². The maximum absolute atomic E-state index is 12.8. The monoisotopic (exact) mass is 475 g/mol. The number of nitriles is 1. The summed E-state index contributed by atoms with van der Waals surface area (Å²) in [6.07, 6.45) is 1.10. The van der Waals surface area contributed by atoms with Crippen LogP contribution >= 0.6 is 0 Å². The minimum Gasteiger partial charge on any atom is -0.354 e. The normalized spacial score (nSPS) is 32.1. The van der Waals surface area contributed by atoms with Gasteiger partial charge in [0.25, 0.3) is 0 Å². The maximum atomic E-state index is 12.8. The van der Waals surface area contributed by atoms with E-state index in [1.807, 2.05) is 4.90 Å². The van der Waals surface area contributed by atoms with E-state index in [1.165, 1.54) is 25.5 Å². The molecule has 0 aromatic carbocycles. The van der Waals surface area contributed by atoms with Crippen molar-refractivity contribution in [1.29, 1.82) is 5.26 Å². The summed E-state index contributed by atoms with van der Waals surface area (Å²) in [7, 11) is 0. The van der Waals surface area contributed by atoms with Gasteiger partial charge in [0.1, 0.15) is 11.7 Å². The molecular formula is C24H32F3N7.